The van der Waals surface area contributed by atoms with Crippen molar-refractivity contribution in [2.24, 2.45) is 5.92 Å². The van der Waals surface area contributed by atoms with Crippen molar-refractivity contribution in [1.29, 1.82) is 0 Å². The minimum atomic E-state index is -2.28. The van der Waals surface area contributed by atoms with Crippen LogP contribution in [0.25, 0.3) is 0 Å². The molecule has 10 heavy (non-hydrogen) atoms. The topological polar surface area (TPSA) is 46.5 Å². The van der Waals surface area contributed by atoms with Crippen LogP contribution in [-0.4, -0.2) is 31.1 Å². The number of aliphatic hydroxyl groups is 1. The first-order chi connectivity index (χ1) is 4.70. The molecule has 0 bridgehead atoms. The Kier molecular flexibility index (Phi) is 2.50. The predicted octanol–water partition coefficient (Wildman–Crippen LogP) is 0.923. The van der Waals surface area contributed by atoms with E-state index in [4.69, 9.17) is 9.63 Å². The standard InChI is InChI=1S/C6H13O3P/c1-9-10(8)3-2-6(4-7)5-10/h6-7H,2-5H2,1H3. The smallest absolute Gasteiger partial charge is 0.203 e. The van der Waals surface area contributed by atoms with Crippen molar-refractivity contribution in [1.82, 2.24) is 0 Å². The molecule has 1 saturated heterocycles. The van der Waals surface area contributed by atoms with Gasteiger partial charge < -0.3 is 9.63 Å². The molecular formula is C6H13O3P. The molecule has 0 radical (unpaired) electrons. The van der Waals surface area contributed by atoms with Gasteiger partial charge in [0, 0.05) is 26.0 Å². The van der Waals surface area contributed by atoms with Gasteiger partial charge in [-0.25, -0.2) is 0 Å². The molecule has 2 unspecified atom stereocenters. The van der Waals surface area contributed by atoms with Crippen LogP contribution in [0.2, 0.25) is 0 Å². The molecule has 0 aromatic heterocycles. The van der Waals surface area contributed by atoms with E-state index < -0.39 is 7.37 Å². The molecule has 60 valence electrons. The Labute approximate surface area is 60.8 Å². The van der Waals surface area contributed by atoms with Crippen molar-refractivity contribution < 1.29 is 14.2 Å². The summed E-state index contributed by atoms with van der Waals surface area (Å²) in [7, 11) is -0.797. The molecule has 0 saturated carbocycles. The molecule has 1 N–H and O–H groups in total. The molecule has 1 aliphatic heterocycles. The van der Waals surface area contributed by atoms with Crippen LogP contribution in [0.15, 0.2) is 0 Å². The third kappa shape index (κ3) is 1.60. The van der Waals surface area contributed by atoms with Gasteiger partial charge in [0.2, 0.25) is 7.37 Å². The number of aliphatic hydroxyl groups excluding tert-OH is 1. The van der Waals surface area contributed by atoms with Crippen LogP contribution in [0.1, 0.15) is 6.42 Å². The maximum Gasteiger partial charge on any atom is 0.203 e. The molecule has 1 fully saturated rings. The fourth-order valence-corrected chi connectivity index (χ4v) is 3.63. The van der Waals surface area contributed by atoms with Gasteiger partial charge in [0.1, 0.15) is 0 Å². The van der Waals surface area contributed by atoms with Crippen LogP contribution in [0, 0.1) is 5.92 Å². The van der Waals surface area contributed by atoms with Gasteiger partial charge >= 0.3 is 0 Å². The largest absolute Gasteiger partial charge is 0.396 e. The highest BCUT2D eigenvalue weighted by molar-refractivity contribution is 7.59. The van der Waals surface area contributed by atoms with Crippen LogP contribution in [0.4, 0.5) is 0 Å². The summed E-state index contributed by atoms with van der Waals surface area (Å²) in [6.07, 6.45) is 2.07. The van der Waals surface area contributed by atoms with Crippen LogP contribution >= 0.6 is 7.37 Å². The highest BCUT2D eigenvalue weighted by atomic mass is 31.2. The Morgan fingerprint density at radius 1 is 1.80 bits per heavy atom. The number of hydrogen-bond acceptors (Lipinski definition) is 3. The molecule has 3 nitrogen and oxygen atoms in total. The van der Waals surface area contributed by atoms with Gasteiger partial charge in [-0.3, -0.25) is 4.57 Å². The van der Waals surface area contributed by atoms with E-state index in [9.17, 15) is 4.57 Å². The summed E-state index contributed by atoms with van der Waals surface area (Å²) in [5, 5.41) is 8.72. The summed E-state index contributed by atoms with van der Waals surface area (Å²) >= 11 is 0. The van der Waals surface area contributed by atoms with Crippen molar-refractivity contribution in [2.45, 2.75) is 6.42 Å². The Balaban J connectivity index is 2.49. The monoisotopic (exact) mass is 164 g/mol. The first kappa shape index (κ1) is 8.25. The SMILES string of the molecule is COP1(=O)CCC(CO)C1. The third-order valence-electron chi connectivity index (χ3n) is 2.01. The number of rotatable bonds is 2. The van der Waals surface area contributed by atoms with E-state index in [1.165, 1.54) is 7.11 Å². The molecule has 0 spiro atoms. The van der Waals surface area contributed by atoms with Crippen LogP contribution in [-0.2, 0) is 9.09 Å². The zero-order chi connectivity index (χ0) is 7.61. The average molecular weight is 164 g/mol. The van der Waals surface area contributed by atoms with Gasteiger partial charge in [-0.05, 0) is 12.3 Å². The van der Waals surface area contributed by atoms with E-state index in [0.29, 0.717) is 12.3 Å². The number of hydrogen-bond donors (Lipinski definition) is 1. The first-order valence-electron chi connectivity index (χ1n) is 3.45. The summed E-state index contributed by atoms with van der Waals surface area (Å²) < 4.78 is 16.3. The van der Waals surface area contributed by atoms with Gasteiger partial charge in [-0.2, -0.15) is 0 Å². The Bertz CT molecular complexity index is 157. The van der Waals surface area contributed by atoms with Gasteiger partial charge in [0.05, 0.1) is 0 Å². The van der Waals surface area contributed by atoms with E-state index in [-0.39, 0.29) is 12.5 Å². The normalized spacial score (nSPS) is 40.4. The average Bonchev–Trinajstić information content (AvgIpc) is 2.33. The molecule has 1 aliphatic rings. The predicted molar refractivity (Wildman–Crippen MR) is 39.5 cm³/mol. The van der Waals surface area contributed by atoms with Crippen molar-refractivity contribution in [3.63, 3.8) is 0 Å². The zero-order valence-electron chi connectivity index (χ0n) is 6.12. The van der Waals surface area contributed by atoms with Crippen LogP contribution in [0.5, 0.6) is 0 Å². The molecule has 2 atom stereocenters. The molecule has 0 amide bonds. The molecule has 1 heterocycles. The van der Waals surface area contributed by atoms with E-state index in [0.717, 1.165) is 6.42 Å². The quantitative estimate of drug-likeness (QED) is 0.617. The van der Waals surface area contributed by atoms with Crippen molar-refractivity contribution in [2.75, 3.05) is 26.0 Å². The van der Waals surface area contributed by atoms with Crippen molar-refractivity contribution >= 4 is 7.37 Å². The summed E-state index contributed by atoms with van der Waals surface area (Å²) in [6.45, 7) is 0.146. The van der Waals surface area contributed by atoms with Gasteiger partial charge in [-0.1, -0.05) is 0 Å². The van der Waals surface area contributed by atoms with Crippen LogP contribution in [0.3, 0.4) is 0 Å². The fraction of sp³-hybridized carbons (Fsp3) is 1.00. The van der Waals surface area contributed by atoms with Gasteiger partial charge in [0.25, 0.3) is 0 Å². The van der Waals surface area contributed by atoms with E-state index in [1.807, 2.05) is 0 Å². The fourth-order valence-electron chi connectivity index (χ4n) is 1.27. The Morgan fingerprint density at radius 3 is 2.80 bits per heavy atom. The summed E-state index contributed by atoms with van der Waals surface area (Å²) in [5.74, 6) is 0.214. The van der Waals surface area contributed by atoms with Crippen molar-refractivity contribution in [3.05, 3.63) is 0 Å². The van der Waals surface area contributed by atoms with E-state index >= 15 is 0 Å². The first-order valence-corrected chi connectivity index (χ1v) is 5.44. The summed E-state index contributed by atoms with van der Waals surface area (Å²) in [4.78, 5) is 0. The van der Waals surface area contributed by atoms with Gasteiger partial charge in [-0.15, -0.1) is 0 Å². The minimum absolute atomic E-state index is 0.146. The second kappa shape index (κ2) is 3.04. The van der Waals surface area contributed by atoms with Crippen molar-refractivity contribution in [3.8, 4) is 0 Å². The molecule has 4 heteroatoms. The highest BCUT2D eigenvalue weighted by Crippen LogP contribution is 2.54. The zero-order valence-corrected chi connectivity index (χ0v) is 7.01. The van der Waals surface area contributed by atoms with E-state index in [1.54, 1.807) is 0 Å². The lowest BCUT2D eigenvalue weighted by molar-refractivity contribution is 0.240. The van der Waals surface area contributed by atoms with E-state index in [2.05, 4.69) is 0 Å². The third-order valence-corrected chi connectivity index (χ3v) is 4.68. The molecule has 0 aromatic carbocycles. The minimum Gasteiger partial charge on any atom is -0.396 e. The lowest BCUT2D eigenvalue weighted by atomic mass is 10.1. The lowest BCUT2D eigenvalue weighted by Crippen LogP contribution is -2.03. The molecular weight excluding hydrogens is 151 g/mol. The molecule has 1 rings (SSSR count). The highest BCUT2D eigenvalue weighted by Gasteiger charge is 2.33. The second-order valence-corrected chi connectivity index (χ2v) is 5.55. The maximum absolute atomic E-state index is 11.4. The van der Waals surface area contributed by atoms with Crippen LogP contribution < -0.4 is 0 Å². The Hall–Kier alpha value is 0.150. The Morgan fingerprint density at radius 2 is 2.50 bits per heavy atom. The summed E-state index contributed by atoms with van der Waals surface area (Å²) in [5.41, 5.74) is 0. The lowest BCUT2D eigenvalue weighted by Gasteiger charge is -2.07. The van der Waals surface area contributed by atoms with Gasteiger partial charge in [0.15, 0.2) is 0 Å². The maximum atomic E-state index is 11.4. The molecule has 0 aromatic rings. The molecule has 0 aliphatic carbocycles. The summed E-state index contributed by atoms with van der Waals surface area (Å²) in [6, 6.07) is 0. The second-order valence-electron chi connectivity index (χ2n) is 2.74.